The van der Waals surface area contributed by atoms with Gasteiger partial charge in [-0.15, -0.1) is 0 Å². The number of aryl methyl sites for hydroxylation is 1. The molecule has 1 nitrogen and oxygen atoms in total. The Hall–Kier alpha value is -0.820. The maximum absolute atomic E-state index is 10.7. The number of aliphatic hydroxyl groups is 1. The Morgan fingerprint density at radius 3 is 2.47 bits per heavy atom. The van der Waals surface area contributed by atoms with E-state index in [4.69, 9.17) is 0 Å². The first kappa shape index (κ1) is 14.6. The molecule has 0 amide bonds. The SMILES string of the molecule is CCCCCCCCC1(O)CCc2ccccc2C1. The van der Waals surface area contributed by atoms with Crippen LogP contribution >= 0.6 is 0 Å². The monoisotopic (exact) mass is 260 g/mol. The molecule has 0 heterocycles. The van der Waals surface area contributed by atoms with Crippen molar-refractivity contribution in [3.05, 3.63) is 35.4 Å². The molecular weight excluding hydrogens is 232 g/mol. The summed E-state index contributed by atoms with van der Waals surface area (Å²) in [7, 11) is 0. The van der Waals surface area contributed by atoms with E-state index in [1.807, 2.05) is 0 Å². The highest BCUT2D eigenvalue weighted by Crippen LogP contribution is 2.32. The molecule has 0 aromatic heterocycles. The van der Waals surface area contributed by atoms with E-state index in [1.165, 1.54) is 49.7 Å². The molecule has 1 aliphatic rings. The zero-order valence-electron chi connectivity index (χ0n) is 12.3. The summed E-state index contributed by atoms with van der Waals surface area (Å²) >= 11 is 0. The summed E-state index contributed by atoms with van der Waals surface area (Å²) in [6, 6.07) is 8.59. The van der Waals surface area contributed by atoms with Gasteiger partial charge in [-0.2, -0.15) is 0 Å². The van der Waals surface area contributed by atoms with Crippen molar-refractivity contribution in [2.75, 3.05) is 0 Å². The molecule has 0 radical (unpaired) electrons. The van der Waals surface area contributed by atoms with Crippen LogP contribution in [0.25, 0.3) is 0 Å². The summed E-state index contributed by atoms with van der Waals surface area (Å²) in [6.07, 6.45) is 11.6. The average Bonchev–Trinajstić information content (AvgIpc) is 2.42. The molecule has 19 heavy (non-hydrogen) atoms. The summed E-state index contributed by atoms with van der Waals surface area (Å²) in [6.45, 7) is 2.25. The van der Waals surface area contributed by atoms with E-state index in [0.29, 0.717) is 0 Å². The molecule has 2 rings (SSSR count). The van der Waals surface area contributed by atoms with E-state index >= 15 is 0 Å². The van der Waals surface area contributed by atoms with Crippen molar-refractivity contribution < 1.29 is 5.11 Å². The van der Waals surface area contributed by atoms with Crippen LogP contribution in [-0.4, -0.2) is 10.7 Å². The van der Waals surface area contributed by atoms with Crippen molar-refractivity contribution in [2.45, 2.75) is 76.7 Å². The molecule has 0 aliphatic heterocycles. The van der Waals surface area contributed by atoms with Crippen molar-refractivity contribution in [1.82, 2.24) is 0 Å². The predicted molar refractivity (Wildman–Crippen MR) is 81.4 cm³/mol. The third kappa shape index (κ3) is 4.35. The van der Waals surface area contributed by atoms with Crippen LogP contribution in [-0.2, 0) is 12.8 Å². The van der Waals surface area contributed by atoms with Crippen LogP contribution in [0, 0.1) is 0 Å². The molecule has 106 valence electrons. The van der Waals surface area contributed by atoms with E-state index in [9.17, 15) is 5.11 Å². The Morgan fingerprint density at radius 1 is 1.00 bits per heavy atom. The van der Waals surface area contributed by atoms with Crippen LogP contribution in [0.4, 0.5) is 0 Å². The summed E-state index contributed by atoms with van der Waals surface area (Å²) in [4.78, 5) is 0. The first-order valence-corrected chi connectivity index (χ1v) is 8.03. The van der Waals surface area contributed by atoms with Gasteiger partial charge in [-0.1, -0.05) is 69.7 Å². The van der Waals surface area contributed by atoms with Crippen LogP contribution in [0.15, 0.2) is 24.3 Å². The van der Waals surface area contributed by atoms with Gasteiger partial charge >= 0.3 is 0 Å². The second-order valence-corrected chi connectivity index (χ2v) is 6.19. The summed E-state index contributed by atoms with van der Waals surface area (Å²) in [5.41, 5.74) is 2.37. The van der Waals surface area contributed by atoms with Crippen LogP contribution in [0.5, 0.6) is 0 Å². The highest BCUT2D eigenvalue weighted by molar-refractivity contribution is 5.31. The van der Waals surface area contributed by atoms with E-state index in [0.717, 1.165) is 25.7 Å². The molecule has 1 N–H and O–H groups in total. The highest BCUT2D eigenvalue weighted by Gasteiger charge is 2.31. The molecule has 0 spiro atoms. The number of hydrogen-bond donors (Lipinski definition) is 1. The van der Waals surface area contributed by atoms with Gasteiger partial charge in [0, 0.05) is 6.42 Å². The van der Waals surface area contributed by atoms with Gasteiger partial charge in [0.05, 0.1) is 5.60 Å². The average molecular weight is 260 g/mol. The lowest BCUT2D eigenvalue weighted by Gasteiger charge is -2.33. The normalized spacial score (nSPS) is 22.2. The zero-order chi connectivity index (χ0) is 13.6. The smallest absolute Gasteiger partial charge is 0.0691 e. The summed E-state index contributed by atoms with van der Waals surface area (Å²) < 4.78 is 0. The lowest BCUT2D eigenvalue weighted by molar-refractivity contribution is 0.0154. The lowest BCUT2D eigenvalue weighted by Crippen LogP contribution is -2.35. The molecule has 1 aliphatic carbocycles. The van der Waals surface area contributed by atoms with Crippen molar-refractivity contribution >= 4 is 0 Å². The van der Waals surface area contributed by atoms with Crippen molar-refractivity contribution in [2.24, 2.45) is 0 Å². The van der Waals surface area contributed by atoms with E-state index in [1.54, 1.807) is 0 Å². The van der Waals surface area contributed by atoms with Crippen molar-refractivity contribution in [1.29, 1.82) is 0 Å². The highest BCUT2D eigenvalue weighted by atomic mass is 16.3. The maximum Gasteiger partial charge on any atom is 0.0691 e. The molecule has 0 fully saturated rings. The second kappa shape index (κ2) is 7.09. The summed E-state index contributed by atoms with van der Waals surface area (Å²) in [5.74, 6) is 0. The first-order valence-electron chi connectivity index (χ1n) is 8.03. The fourth-order valence-corrected chi connectivity index (χ4v) is 3.23. The minimum absolute atomic E-state index is 0.431. The van der Waals surface area contributed by atoms with E-state index in [2.05, 4.69) is 31.2 Å². The molecule has 1 aromatic rings. The molecule has 0 saturated carbocycles. The van der Waals surface area contributed by atoms with Crippen LogP contribution in [0.1, 0.15) is 69.4 Å². The molecule has 1 unspecified atom stereocenters. The van der Waals surface area contributed by atoms with Gasteiger partial charge in [-0.05, 0) is 30.4 Å². The van der Waals surface area contributed by atoms with Crippen LogP contribution in [0.2, 0.25) is 0 Å². The zero-order valence-corrected chi connectivity index (χ0v) is 12.3. The fraction of sp³-hybridized carbons (Fsp3) is 0.667. The quantitative estimate of drug-likeness (QED) is 0.707. The topological polar surface area (TPSA) is 20.2 Å². The number of benzene rings is 1. The summed E-state index contributed by atoms with van der Waals surface area (Å²) in [5, 5.41) is 10.7. The number of hydrogen-bond acceptors (Lipinski definition) is 1. The predicted octanol–water partition coefficient (Wildman–Crippen LogP) is 4.66. The lowest BCUT2D eigenvalue weighted by atomic mass is 9.78. The number of unbranched alkanes of at least 4 members (excludes halogenated alkanes) is 5. The maximum atomic E-state index is 10.7. The van der Waals surface area contributed by atoms with Gasteiger partial charge < -0.3 is 5.11 Å². The van der Waals surface area contributed by atoms with Crippen molar-refractivity contribution in [3.63, 3.8) is 0 Å². The van der Waals surface area contributed by atoms with Gasteiger partial charge in [0.1, 0.15) is 0 Å². The van der Waals surface area contributed by atoms with Gasteiger partial charge in [-0.25, -0.2) is 0 Å². The minimum atomic E-state index is -0.431. The third-order valence-electron chi connectivity index (χ3n) is 4.49. The van der Waals surface area contributed by atoms with Crippen LogP contribution < -0.4 is 0 Å². The largest absolute Gasteiger partial charge is 0.390 e. The minimum Gasteiger partial charge on any atom is -0.390 e. The Bertz CT molecular complexity index is 385. The molecule has 0 saturated heterocycles. The molecule has 0 bridgehead atoms. The Balaban J connectivity index is 1.75. The van der Waals surface area contributed by atoms with E-state index < -0.39 is 5.60 Å². The molecular formula is C18H28O. The second-order valence-electron chi connectivity index (χ2n) is 6.19. The van der Waals surface area contributed by atoms with Gasteiger partial charge in [-0.3, -0.25) is 0 Å². The Labute approximate surface area is 118 Å². The van der Waals surface area contributed by atoms with Gasteiger partial charge in [0.15, 0.2) is 0 Å². The molecule has 1 heteroatoms. The molecule has 1 atom stereocenters. The Morgan fingerprint density at radius 2 is 1.68 bits per heavy atom. The molecule has 1 aromatic carbocycles. The fourth-order valence-electron chi connectivity index (χ4n) is 3.23. The van der Waals surface area contributed by atoms with Gasteiger partial charge in [0.2, 0.25) is 0 Å². The van der Waals surface area contributed by atoms with Crippen LogP contribution in [0.3, 0.4) is 0 Å². The first-order chi connectivity index (χ1) is 9.23. The van der Waals surface area contributed by atoms with Gasteiger partial charge in [0.25, 0.3) is 0 Å². The Kier molecular flexibility index (Phi) is 5.45. The third-order valence-corrected chi connectivity index (χ3v) is 4.49. The number of rotatable bonds is 7. The van der Waals surface area contributed by atoms with E-state index in [-0.39, 0.29) is 0 Å². The van der Waals surface area contributed by atoms with Crippen molar-refractivity contribution in [3.8, 4) is 0 Å². The number of fused-ring (bicyclic) bond motifs is 1. The standard InChI is InChI=1S/C18H28O/c1-2-3-4-5-6-9-13-18(19)14-12-16-10-7-8-11-17(16)15-18/h7-8,10-11,19H,2-6,9,12-15H2,1H3.